The van der Waals surface area contributed by atoms with E-state index < -0.39 is 6.04 Å². The molecule has 1 aromatic rings. The van der Waals surface area contributed by atoms with Crippen molar-refractivity contribution < 1.29 is 14.3 Å². The minimum Gasteiger partial charge on any atom is -0.495 e. The Morgan fingerprint density at radius 3 is 2.61 bits per heavy atom. The van der Waals surface area contributed by atoms with Gasteiger partial charge in [-0.2, -0.15) is 0 Å². The van der Waals surface area contributed by atoms with Crippen LogP contribution in [0.4, 0.5) is 5.69 Å². The first-order chi connectivity index (χ1) is 13.2. The summed E-state index contributed by atoms with van der Waals surface area (Å²) < 4.78 is 5.44. The van der Waals surface area contributed by atoms with Crippen LogP contribution in [0.3, 0.4) is 0 Å². The van der Waals surface area contributed by atoms with Gasteiger partial charge in [-0.25, -0.2) is 0 Å². The van der Waals surface area contributed by atoms with Gasteiger partial charge in [0.25, 0.3) is 0 Å². The third-order valence-corrected chi connectivity index (χ3v) is 5.11. The fourth-order valence-corrected chi connectivity index (χ4v) is 3.60. The van der Waals surface area contributed by atoms with Crippen molar-refractivity contribution in [3.05, 3.63) is 23.2 Å². The Morgan fingerprint density at radius 1 is 1.29 bits per heavy atom. The second-order valence-electron chi connectivity index (χ2n) is 8.14. The van der Waals surface area contributed by atoms with Crippen LogP contribution in [0.25, 0.3) is 0 Å². The topological polar surface area (TPSA) is 70.7 Å². The van der Waals surface area contributed by atoms with Crippen LogP contribution in [-0.4, -0.2) is 44.1 Å². The van der Waals surface area contributed by atoms with Gasteiger partial charge in [0.2, 0.25) is 11.8 Å². The van der Waals surface area contributed by atoms with E-state index in [0.717, 1.165) is 24.4 Å². The van der Waals surface area contributed by atoms with E-state index in [9.17, 15) is 9.59 Å². The molecule has 0 aliphatic carbocycles. The molecule has 2 rings (SSSR count). The van der Waals surface area contributed by atoms with E-state index in [1.54, 1.807) is 13.2 Å². The second-order valence-corrected chi connectivity index (χ2v) is 8.58. The summed E-state index contributed by atoms with van der Waals surface area (Å²) in [5, 5.41) is 6.64. The molecule has 1 saturated heterocycles. The third-order valence-electron chi connectivity index (χ3n) is 4.88. The fourth-order valence-electron chi connectivity index (χ4n) is 3.44. The minimum atomic E-state index is -0.527. The maximum atomic E-state index is 12.8. The van der Waals surface area contributed by atoms with Crippen molar-refractivity contribution in [1.29, 1.82) is 0 Å². The van der Waals surface area contributed by atoms with Gasteiger partial charge in [0.15, 0.2) is 0 Å². The van der Waals surface area contributed by atoms with Gasteiger partial charge < -0.3 is 20.3 Å². The van der Waals surface area contributed by atoms with Gasteiger partial charge >= 0.3 is 0 Å². The van der Waals surface area contributed by atoms with Crippen LogP contribution >= 0.6 is 11.6 Å². The molecular weight excluding hydrogens is 378 g/mol. The first kappa shape index (κ1) is 22.3. The number of rotatable bonds is 8. The van der Waals surface area contributed by atoms with Crippen molar-refractivity contribution >= 4 is 29.1 Å². The highest BCUT2D eigenvalue weighted by Crippen LogP contribution is 2.33. The van der Waals surface area contributed by atoms with Gasteiger partial charge in [0.05, 0.1) is 12.8 Å². The molecule has 0 spiro atoms. The van der Waals surface area contributed by atoms with Crippen molar-refractivity contribution in [3.8, 4) is 5.75 Å². The SMILES string of the molecule is COc1ccc(Cl)cc1N1CCC(NC(=O)C(NC(=O)CC(C)C)C(C)C)C1. The van der Waals surface area contributed by atoms with Gasteiger partial charge in [0, 0.05) is 30.6 Å². The summed E-state index contributed by atoms with van der Waals surface area (Å²) in [7, 11) is 1.63. The average molecular weight is 410 g/mol. The lowest BCUT2D eigenvalue weighted by molar-refractivity contribution is -0.130. The normalized spacial score (nSPS) is 17.7. The number of anilines is 1. The van der Waals surface area contributed by atoms with E-state index >= 15 is 0 Å². The first-order valence-electron chi connectivity index (χ1n) is 9.89. The van der Waals surface area contributed by atoms with Crippen molar-refractivity contribution in [1.82, 2.24) is 10.6 Å². The van der Waals surface area contributed by atoms with Crippen LogP contribution in [0.1, 0.15) is 40.5 Å². The summed E-state index contributed by atoms with van der Waals surface area (Å²) in [6.45, 7) is 9.33. The van der Waals surface area contributed by atoms with Gasteiger partial charge in [-0.1, -0.05) is 39.3 Å². The Labute approximate surface area is 172 Å². The predicted molar refractivity (Wildman–Crippen MR) is 113 cm³/mol. The van der Waals surface area contributed by atoms with Crippen LogP contribution in [0, 0.1) is 11.8 Å². The molecule has 1 aliphatic rings. The monoisotopic (exact) mass is 409 g/mol. The van der Waals surface area contributed by atoms with Crippen molar-refractivity contribution in [2.45, 2.75) is 52.6 Å². The largest absolute Gasteiger partial charge is 0.495 e. The molecule has 1 aliphatic heterocycles. The van der Waals surface area contributed by atoms with Crippen LogP contribution < -0.4 is 20.3 Å². The zero-order chi connectivity index (χ0) is 20.8. The predicted octanol–water partition coefficient (Wildman–Crippen LogP) is 3.23. The molecule has 1 heterocycles. The van der Waals surface area contributed by atoms with E-state index in [0.29, 0.717) is 18.0 Å². The molecular formula is C21H32ClN3O3. The number of benzene rings is 1. The molecule has 0 aromatic heterocycles. The molecule has 0 radical (unpaired) electrons. The highest BCUT2D eigenvalue weighted by molar-refractivity contribution is 6.30. The molecule has 2 N–H and O–H groups in total. The summed E-state index contributed by atoms with van der Waals surface area (Å²) in [6.07, 6.45) is 1.24. The molecule has 2 atom stereocenters. The fraction of sp³-hybridized carbons (Fsp3) is 0.619. The number of hydrogen-bond donors (Lipinski definition) is 2. The van der Waals surface area contributed by atoms with Gasteiger partial charge in [-0.3, -0.25) is 9.59 Å². The smallest absolute Gasteiger partial charge is 0.243 e. The molecule has 28 heavy (non-hydrogen) atoms. The molecule has 156 valence electrons. The first-order valence-corrected chi connectivity index (χ1v) is 10.3. The molecule has 1 fully saturated rings. The maximum absolute atomic E-state index is 12.8. The molecule has 2 amide bonds. The Bertz CT molecular complexity index is 693. The van der Waals surface area contributed by atoms with E-state index in [1.807, 2.05) is 39.8 Å². The zero-order valence-corrected chi connectivity index (χ0v) is 18.2. The number of halogens is 1. The lowest BCUT2D eigenvalue weighted by Gasteiger charge is -2.25. The Kier molecular flexibility index (Phi) is 7.98. The maximum Gasteiger partial charge on any atom is 0.243 e. The third kappa shape index (κ3) is 6.03. The lowest BCUT2D eigenvalue weighted by Crippen LogP contribution is -2.52. The number of nitrogens with zero attached hydrogens (tertiary/aromatic N) is 1. The summed E-state index contributed by atoms with van der Waals surface area (Å²) in [4.78, 5) is 27.1. The van der Waals surface area contributed by atoms with E-state index in [1.165, 1.54) is 0 Å². The van der Waals surface area contributed by atoms with Crippen LogP contribution in [0.2, 0.25) is 5.02 Å². The number of hydrogen-bond acceptors (Lipinski definition) is 4. The number of carbonyl (C=O) groups excluding carboxylic acids is 2. The van der Waals surface area contributed by atoms with Crippen molar-refractivity contribution in [3.63, 3.8) is 0 Å². The van der Waals surface area contributed by atoms with Gasteiger partial charge in [-0.15, -0.1) is 0 Å². The summed E-state index contributed by atoms with van der Waals surface area (Å²) in [5.41, 5.74) is 0.928. The Morgan fingerprint density at radius 2 is 2.00 bits per heavy atom. The molecule has 7 heteroatoms. The lowest BCUT2D eigenvalue weighted by atomic mass is 10.0. The molecule has 1 aromatic carbocycles. The molecule has 2 unspecified atom stereocenters. The highest BCUT2D eigenvalue weighted by atomic mass is 35.5. The second kappa shape index (κ2) is 10.0. The number of amides is 2. The summed E-state index contributed by atoms with van der Waals surface area (Å²) in [6, 6.07) is 5.02. The van der Waals surface area contributed by atoms with E-state index in [4.69, 9.17) is 16.3 Å². The highest BCUT2D eigenvalue weighted by Gasteiger charge is 2.30. The van der Waals surface area contributed by atoms with Crippen molar-refractivity contribution in [2.24, 2.45) is 11.8 Å². The molecule has 0 saturated carbocycles. The Hall–Kier alpha value is -1.95. The van der Waals surface area contributed by atoms with Gasteiger partial charge in [0.1, 0.15) is 11.8 Å². The standard InChI is InChI=1S/C21H32ClN3O3/c1-13(2)10-19(26)24-20(14(3)4)21(27)23-16-8-9-25(12-16)17-11-15(22)6-7-18(17)28-5/h6-7,11,13-14,16,20H,8-10,12H2,1-5H3,(H,23,27)(H,24,26). The number of methoxy groups -OCH3 is 1. The number of nitrogens with one attached hydrogen (secondary N) is 2. The minimum absolute atomic E-state index is 0.0134. The van der Waals surface area contributed by atoms with E-state index in [2.05, 4.69) is 15.5 Å². The zero-order valence-electron chi connectivity index (χ0n) is 17.4. The Balaban J connectivity index is 1.99. The number of ether oxygens (including phenoxy) is 1. The van der Waals surface area contributed by atoms with Crippen LogP contribution in [0.15, 0.2) is 18.2 Å². The van der Waals surface area contributed by atoms with Crippen LogP contribution in [-0.2, 0) is 9.59 Å². The summed E-state index contributed by atoms with van der Waals surface area (Å²) in [5.74, 6) is 0.823. The molecule has 0 bridgehead atoms. The average Bonchev–Trinajstić information content (AvgIpc) is 3.07. The molecule has 6 nitrogen and oxygen atoms in total. The van der Waals surface area contributed by atoms with Gasteiger partial charge in [-0.05, 0) is 36.5 Å². The van der Waals surface area contributed by atoms with E-state index in [-0.39, 0.29) is 29.7 Å². The summed E-state index contributed by atoms with van der Waals surface area (Å²) >= 11 is 6.14. The number of carbonyl (C=O) groups is 2. The van der Waals surface area contributed by atoms with Crippen LogP contribution in [0.5, 0.6) is 5.75 Å². The quantitative estimate of drug-likeness (QED) is 0.691. The van der Waals surface area contributed by atoms with Crippen molar-refractivity contribution in [2.75, 3.05) is 25.1 Å².